The minimum atomic E-state index is -1.05. The molecule has 1 N–H and O–H groups in total. The summed E-state index contributed by atoms with van der Waals surface area (Å²) in [5.41, 5.74) is 0.973. The summed E-state index contributed by atoms with van der Waals surface area (Å²) >= 11 is 2.84. The van der Waals surface area contributed by atoms with Crippen molar-refractivity contribution in [2.45, 2.75) is 6.04 Å². The van der Waals surface area contributed by atoms with E-state index >= 15 is 0 Å². The minimum absolute atomic E-state index is 0.0251. The van der Waals surface area contributed by atoms with Crippen molar-refractivity contribution < 1.29 is 19.4 Å². The Hall–Kier alpha value is -1.77. The number of morpholine rings is 1. The van der Waals surface area contributed by atoms with Gasteiger partial charge in [0, 0.05) is 17.5 Å². The summed E-state index contributed by atoms with van der Waals surface area (Å²) in [6, 6.07) is 1.00. The standard InChI is InChI=1S/C13H12N2O4S2/c16-12(15-2-3-19-6-9(15)13(17)18)10-5-14-11(21-10)8-1-4-20-7-8/h1,4-5,7,9H,2-3,6H2,(H,17,18)/t9-/m1/s1. The molecule has 0 radical (unpaired) electrons. The van der Waals surface area contributed by atoms with Crippen molar-refractivity contribution in [2.75, 3.05) is 19.8 Å². The molecule has 1 fully saturated rings. The summed E-state index contributed by atoms with van der Waals surface area (Å²) in [5, 5.41) is 13.8. The molecule has 2 aromatic heterocycles. The van der Waals surface area contributed by atoms with Crippen LogP contribution in [-0.4, -0.2) is 52.7 Å². The van der Waals surface area contributed by atoms with E-state index in [1.807, 2.05) is 16.8 Å². The van der Waals surface area contributed by atoms with Crippen LogP contribution >= 0.6 is 22.7 Å². The first-order valence-corrected chi connectivity index (χ1v) is 8.02. The largest absolute Gasteiger partial charge is 0.480 e. The first-order chi connectivity index (χ1) is 10.2. The van der Waals surface area contributed by atoms with Crippen LogP contribution in [0.15, 0.2) is 23.0 Å². The van der Waals surface area contributed by atoms with E-state index in [1.54, 1.807) is 11.3 Å². The molecule has 3 heterocycles. The Balaban J connectivity index is 1.83. The van der Waals surface area contributed by atoms with Crippen molar-refractivity contribution in [1.29, 1.82) is 0 Å². The maximum Gasteiger partial charge on any atom is 0.328 e. The van der Waals surface area contributed by atoms with E-state index < -0.39 is 12.0 Å². The monoisotopic (exact) mass is 324 g/mol. The van der Waals surface area contributed by atoms with Crippen LogP contribution in [0.25, 0.3) is 10.6 Å². The summed E-state index contributed by atoms with van der Waals surface area (Å²) in [7, 11) is 0. The van der Waals surface area contributed by atoms with Gasteiger partial charge < -0.3 is 14.7 Å². The lowest BCUT2D eigenvalue weighted by Crippen LogP contribution is -2.52. The zero-order chi connectivity index (χ0) is 14.8. The highest BCUT2D eigenvalue weighted by atomic mass is 32.1. The van der Waals surface area contributed by atoms with Crippen molar-refractivity contribution >= 4 is 34.6 Å². The first kappa shape index (κ1) is 14.2. The first-order valence-electron chi connectivity index (χ1n) is 6.26. The summed E-state index contributed by atoms with van der Waals surface area (Å²) in [6.07, 6.45) is 1.51. The van der Waals surface area contributed by atoms with Crippen molar-refractivity contribution in [2.24, 2.45) is 0 Å². The Bertz CT molecular complexity index is 653. The molecule has 1 aliphatic rings. The lowest BCUT2D eigenvalue weighted by molar-refractivity contribution is -0.147. The molecule has 0 unspecified atom stereocenters. The van der Waals surface area contributed by atoms with Gasteiger partial charge in [0.15, 0.2) is 6.04 Å². The number of thiazole rings is 1. The fraction of sp³-hybridized carbons (Fsp3) is 0.308. The number of rotatable bonds is 3. The average molecular weight is 324 g/mol. The Morgan fingerprint density at radius 1 is 1.48 bits per heavy atom. The zero-order valence-corrected chi connectivity index (χ0v) is 12.5. The fourth-order valence-corrected chi connectivity index (χ4v) is 3.67. The van der Waals surface area contributed by atoms with Crippen molar-refractivity contribution in [3.63, 3.8) is 0 Å². The molecule has 1 amide bonds. The van der Waals surface area contributed by atoms with Crippen LogP contribution < -0.4 is 0 Å². The molecule has 3 rings (SSSR count). The molecule has 0 aromatic carbocycles. The second-order valence-corrected chi connectivity index (χ2v) is 6.28. The number of ether oxygens (including phenoxy) is 1. The quantitative estimate of drug-likeness (QED) is 0.931. The van der Waals surface area contributed by atoms with Crippen LogP contribution in [0.5, 0.6) is 0 Å². The van der Waals surface area contributed by atoms with E-state index in [1.165, 1.54) is 22.4 Å². The molecule has 21 heavy (non-hydrogen) atoms. The molecular weight excluding hydrogens is 312 g/mol. The summed E-state index contributed by atoms with van der Waals surface area (Å²) in [5.74, 6) is -1.35. The summed E-state index contributed by atoms with van der Waals surface area (Å²) in [4.78, 5) is 29.7. The smallest absolute Gasteiger partial charge is 0.328 e. The molecule has 6 nitrogen and oxygen atoms in total. The number of thiophene rings is 1. The molecule has 1 aliphatic heterocycles. The van der Waals surface area contributed by atoms with E-state index in [0.717, 1.165) is 10.6 Å². The fourth-order valence-electron chi connectivity index (χ4n) is 2.09. The number of hydrogen-bond acceptors (Lipinski definition) is 6. The Labute approximate surface area is 128 Å². The molecule has 110 valence electrons. The molecule has 0 bridgehead atoms. The highest BCUT2D eigenvalue weighted by Crippen LogP contribution is 2.28. The van der Waals surface area contributed by atoms with Crippen LogP contribution in [0.1, 0.15) is 9.67 Å². The molecule has 0 spiro atoms. The van der Waals surface area contributed by atoms with E-state index in [4.69, 9.17) is 4.74 Å². The van der Waals surface area contributed by atoms with Gasteiger partial charge >= 0.3 is 5.97 Å². The number of aliphatic carboxylic acids is 1. The van der Waals surface area contributed by atoms with Gasteiger partial charge in [0.25, 0.3) is 5.91 Å². The average Bonchev–Trinajstić information content (AvgIpc) is 3.17. The number of carbonyl (C=O) groups excluding carboxylic acids is 1. The third-order valence-corrected chi connectivity index (χ3v) is 4.88. The number of carboxylic acid groups (broad SMARTS) is 1. The second kappa shape index (κ2) is 5.92. The highest BCUT2D eigenvalue weighted by molar-refractivity contribution is 7.17. The molecular formula is C13H12N2O4S2. The van der Waals surface area contributed by atoms with Gasteiger partial charge in [0.2, 0.25) is 0 Å². The van der Waals surface area contributed by atoms with Crippen molar-refractivity contribution in [3.05, 3.63) is 27.9 Å². The number of nitrogens with zero attached hydrogens (tertiary/aromatic N) is 2. The predicted octanol–water partition coefficient (Wildman–Crippen LogP) is 1.80. The van der Waals surface area contributed by atoms with Crippen LogP contribution in [0.4, 0.5) is 0 Å². The van der Waals surface area contributed by atoms with E-state index in [-0.39, 0.29) is 19.1 Å². The number of carboxylic acids is 1. The normalized spacial score (nSPS) is 18.7. The van der Waals surface area contributed by atoms with E-state index in [2.05, 4.69) is 4.98 Å². The second-order valence-electron chi connectivity index (χ2n) is 4.47. The lowest BCUT2D eigenvalue weighted by atomic mass is 10.2. The van der Waals surface area contributed by atoms with Gasteiger partial charge in [0.05, 0.1) is 19.4 Å². The zero-order valence-electron chi connectivity index (χ0n) is 10.9. The molecule has 8 heteroatoms. The third kappa shape index (κ3) is 2.82. The van der Waals surface area contributed by atoms with Gasteiger partial charge in [-0.1, -0.05) is 0 Å². The Morgan fingerprint density at radius 3 is 3.05 bits per heavy atom. The minimum Gasteiger partial charge on any atom is -0.480 e. The molecule has 1 saturated heterocycles. The summed E-state index contributed by atoms with van der Waals surface area (Å²) < 4.78 is 5.14. The lowest BCUT2D eigenvalue weighted by Gasteiger charge is -2.32. The molecule has 2 aromatic rings. The van der Waals surface area contributed by atoms with Crippen molar-refractivity contribution in [3.8, 4) is 10.6 Å². The van der Waals surface area contributed by atoms with E-state index in [9.17, 15) is 14.7 Å². The van der Waals surface area contributed by atoms with Crippen molar-refractivity contribution in [1.82, 2.24) is 9.88 Å². The van der Waals surface area contributed by atoms with Gasteiger partial charge in [-0.05, 0) is 11.4 Å². The maximum atomic E-state index is 12.5. The third-order valence-electron chi connectivity index (χ3n) is 3.16. The number of amides is 1. The number of aromatic nitrogens is 1. The maximum absolute atomic E-state index is 12.5. The van der Waals surface area contributed by atoms with Gasteiger partial charge in [-0.15, -0.1) is 11.3 Å². The summed E-state index contributed by atoms with van der Waals surface area (Å²) in [6.45, 7) is 0.657. The highest BCUT2D eigenvalue weighted by Gasteiger charge is 2.34. The predicted molar refractivity (Wildman–Crippen MR) is 78.7 cm³/mol. The van der Waals surface area contributed by atoms with Crippen LogP contribution in [0.2, 0.25) is 0 Å². The SMILES string of the molecule is O=C(O)[C@H]1COCCN1C(=O)c1cnc(-c2ccsc2)s1. The van der Waals surface area contributed by atoms with Gasteiger partial charge in [-0.2, -0.15) is 11.3 Å². The molecule has 0 aliphatic carbocycles. The topological polar surface area (TPSA) is 79.7 Å². The number of hydrogen-bond donors (Lipinski definition) is 1. The van der Waals surface area contributed by atoms with E-state index in [0.29, 0.717) is 11.5 Å². The van der Waals surface area contributed by atoms with Crippen LogP contribution in [0, 0.1) is 0 Å². The molecule has 0 saturated carbocycles. The van der Waals surface area contributed by atoms with Crippen LogP contribution in [-0.2, 0) is 9.53 Å². The van der Waals surface area contributed by atoms with Gasteiger partial charge in [-0.3, -0.25) is 4.79 Å². The van der Waals surface area contributed by atoms with Crippen LogP contribution in [0.3, 0.4) is 0 Å². The Kier molecular flexibility index (Phi) is 4.00. The van der Waals surface area contributed by atoms with Gasteiger partial charge in [-0.25, -0.2) is 9.78 Å². The number of carbonyl (C=O) groups is 2. The Morgan fingerprint density at radius 2 is 2.33 bits per heavy atom. The molecule has 1 atom stereocenters. The van der Waals surface area contributed by atoms with Gasteiger partial charge in [0.1, 0.15) is 9.88 Å².